The highest BCUT2D eigenvalue weighted by molar-refractivity contribution is 5.78. The first-order chi connectivity index (χ1) is 14.1. The molecule has 0 spiro atoms. The SMILES string of the molecule is COc1ccc(CN2CCN(C(=O)COc3ccc(C=O)cc3OC)CC2)cc1. The standard InChI is InChI=1S/C22H26N2O5/c1-27-19-6-3-17(4-7-19)14-23-9-11-24(12-10-23)22(26)16-29-20-8-5-18(15-25)13-21(20)28-2/h3-8,13,15H,9-12,14,16H2,1-2H3. The summed E-state index contributed by atoms with van der Waals surface area (Å²) in [5, 5.41) is 0. The number of ether oxygens (including phenoxy) is 3. The fourth-order valence-corrected chi connectivity index (χ4v) is 3.25. The van der Waals surface area contributed by atoms with Crippen molar-refractivity contribution >= 4 is 12.2 Å². The van der Waals surface area contributed by atoms with E-state index in [2.05, 4.69) is 17.0 Å². The van der Waals surface area contributed by atoms with Crippen LogP contribution in [0.4, 0.5) is 0 Å². The van der Waals surface area contributed by atoms with E-state index in [1.54, 1.807) is 25.3 Å². The molecule has 0 saturated carbocycles. The van der Waals surface area contributed by atoms with E-state index < -0.39 is 0 Å². The van der Waals surface area contributed by atoms with Crippen molar-refractivity contribution in [3.63, 3.8) is 0 Å². The summed E-state index contributed by atoms with van der Waals surface area (Å²) in [4.78, 5) is 27.5. The summed E-state index contributed by atoms with van der Waals surface area (Å²) < 4.78 is 16.0. The lowest BCUT2D eigenvalue weighted by Crippen LogP contribution is -2.49. The number of hydrogen-bond acceptors (Lipinski definition) is 6. The highest BCUT2D eigenvalue weighted by atomic mass is 16.5. The van der Waals surface area contributed by atoms with Gasteiger partial charge in [0.1, 0.15) is 12.0 Å². The number of carbonyl (C=O) groups is 2. The fourth-order valence-electron chi connectivity index (χ4n) is 3.25. The van der Waals surface area contributed by atoms with Gasteiger partial charge >= 0.3 is 0 Å². The molecular formula is C22H26N2O5. The van der Waals surface area contributed by atoms with Crippen molar-refractivity contribution in [1.29, 1.82) is 0 Å². The van der Waals surface area contributed by atoms with Crippen molar-refractivity contribution in [2.45, 2.75) is 6.54 Å². The molecule has 2 aromatic carbocycles. The van der Waals surface area contributed by atoms with Gasteiger partial charge in [-0.15, -0.1) is 0 Å². The van der Waals surface area contributed by atoms with Gasteiger partial charge in [-0.1, -0.05) is 12.1 Å². The minimum Gasteiger partial charge on any atom is -0.497 e. The van der Waals surface area contributed by atoms with E-state index >= 15 is 0 Å². The van der Waals surface area contributed by atoms with E-state index in [0.717, 1.165) is 31.7 Å². The third kappa shape index (κ3) is 5.48. The summed E-state index contributed by atoms with van der Waals surface area (Å²) in [5.41, 5.74) is 1.72. The Morgan fingerprint density at radius 3 is 2.31 bits per heavy atom. The zero-order valence-electron chi connectivity index (χ0n) is 16.8. The van der Waals surface area contributed by atoms with Crippen LogP contribution in [-0.4, -0.2) is 69.0 Å². The van der Waals surface area contributed by atoms with Crippen molar-refractivity contribution in [3.8, 4) is 17.2 Å². The molecule has 1 saturated heterocycles. The van der Waals surface area contributed by atoms with E-state index in [4.69, 9.17) is 14.2 Å². The maximum Gasteiger partial charge on any atom is 0.260 e. The predicted octanol–water partition coefficient (Wildman–Crippen LogP) is 2.24. The van der Waals surface area contributed by atoms with E-state index in [0.29, 0.717) is 30.2 Å². The molecule has 0 radical (unpaired) electrons. The van der Waals surface area contributed by atoms with Gasteiger partial charge in [0, 0.05) is 38.3 Å². The van der Waals surface area contributed by atoms with Crippen LogP contribution in [0.2, 0.25) is 0 Å². The number of benzene rings is 2. The van der Waals surface area contributed by atoms with Crippen LogP contribution in [0.25, 0.3) is 0 Å². The molecule has 1 heterocycles. The first-order valence-corrected chi connectivity index (χ1v) is 9.52. The molecule has 2 aromatic rings. The molecule has 1 fully saturated rings. The molecule has 0 atom stereocenters. The molecule has 1 amide bonds. The molecule has 1 aliphatic heterocycles. The van der Waals surface area contributed by atoms with Gasteiger partial charge in [0.2, 0.25) is 0 Å². The Labute approximate surface area is 170 Å². The van der Waals surface area contributed by atoms with Gasteiger partial charge in [0.15, 0.2) is 18.1 Å². The Morgan fingerprint density at radius 1 is 0.966 bits per heavy atom. The quantitative estimate of drug-likeness (QED) is 0.636. The van der Waals surface area contributed by atoms with Gasteiger partial charge in [0.05, 0.1) is 14.2 Å². The predicted molar refractivity (Wildman–Crippen MR) is 109 cm³/mol. The van der Waals surface area contributed by atoms with Crippen LogP contribution in [0.5, 0.6) is 17.2 Å². The Kier molecular flexibility index (Phi) is 7.08. The summed E-state index contributed by atoms with van der Waals surface area (Å²) in [7, 11) is 3.16. The summed E-state index contributed by atoms with van der Waals surface area (Å²) in [5.74, 6) is 1.67. The molecule has 0 N–H and O–H groups in total. The summed E-state index contributed by atoms with van der Waals surface area (Å²) in [6.45, 7) is 3.75. The van der Waals surface area contributed by atoms with E-state index in [1.165, 1.54) is 12.7 Å². The molecule has 7 heteroatoms. The molecular weight excluding hydrogens is 372 g/mol. The number of hydrogen-bond donors (Lipinski definition) is 0. The van der Waals surface area contributed by atoms with Crippen LogP contribution in [-0.2, 0) is 11.3 Å². The van der Waals surface area contributed by atoms with Crippen LogP contribution >= 0.6 is 0 Å². The lowest BCUT2D eigenvalue weighted by Gasteiger charge is -2.34. The van der Waals surface area contributed by atoms with Gasteiger partial charge in [-0.3, -0.25) is 14.5 Å². The molecule has 0 aromatic heterocycles. The second kappa shape index (κ2) is 9.93. The third-order valence-electron chi connectivity index (χ3n) is 4.97. The molecule has 3 rings (SSSR count). The zero-order valence-corrected chi connectivity index (χ0v) is 16.8. The Morgan fingerprint density at radius 2 is 1.69 bits per heavy atom. The summed E-state index contributed by atoms with van der Waals surface area (Å²) in [6.07, 6.45) is 0.739. The number of methoxy groups -OCH3 is 2. The summed E-state index contributed by atoms with van der Waals surface area (Å²) in [6, 6.07) is 12.9. The van der Waals surface area contributed by atoms with E-state index in [1.807, 2.05) is 17.0 Å². The highest BCUT2D eigenvalue weighted by Crippen LogP contribution is 2.27. The smallest absolute Gasteiger partial charge is 0.260 e. The van der Waals surface area contributed by atoms with Crippen molar-refractivity contribution < 1.29 is 23.8 Å². The number of piperazine rings is 1. The lowest BCUT2D eigenvalue weighted by molar-refractivity contribution is -0.135. The van der Waals surface area contributed by atoms with Crippen LogP contribution in [0.1, 0.15) is 15.9 Å². The Balaban J connectivity index is 1.46. The average molecular weight is 398 g/mol. The fraction of sp³-hybridized carbons (Fsp3) is 0.364. The Bertz CT molecular complexity index is 830. The van der Waals surface area contributed by atoms with Gasteiger partial charge in [-0.05, 0) is 35.9 Å². The molecule has 0 unspecified atom stereocenters. The van der Waals surface area contributed by atoms with E-state index in [-0.39, 0.29) is 12.5 Å². The molecule has 29 heavy (non-hydrogen) atoms. The van der Waals surface area contributed by atoms with Crippen LogP contribution in [0.15, 0.2) is 42.5 Å². The summed E-state index contributed by atoms with van der Waals surface area (Å²) >= 11 is 0. The second-order valence-corrected chi connectivity index (χ2v) is 6.82. The topological polar surface area (TPSA) is 68.3 Å². The van der Waals surface area contributed by atoms with Crippen molar-refractivity contribution in [1.82, 2.24) is 9.80 Å². The third-order valence-corrected chi connectivity index (χ3v) is 4.97. The molecule has 0 aliphatic carbocycles. The number of aldehydes is 1. The van der Waals surface area contributed by atoms with Gasteiger partial charge < -0.3 is 19.1 Å². The lowest BCUT2D eigenvalue weighted by atomic mass is 10.2. The van der Waals surface area contributed by atoms with Crippen molar-refractivity contribution in [3.05, 3.63) is 53.6 Å². The zero-order chi connectivity index (χ0) is 20.6. The second-order valence-electron chi connectivity index (χ2n) is 6.82. The van der Waals surface area contributed by atoms with Crippen molar-refractivity contribution in [2.24, 2.45) is 0 Å². The van der Waals surface area contributed by atoms with Gasteiger partial charge in [0.25, 0.3) is 5.91 Å². The minimum atomic E-state index is -0.0602. The number of amides is 1. The number of rotatable bonds is 8. The van der Waals surface area contributed by atoms with Gasteiger partial charge in [-0.2, -0.15) is 0 Å². The Hall–Kier alpha value is -3.06. The first kappa shape index (κ1) is 20.7. The van der Waals surface area contributed by atoms with Crippen LogP contribution in [0, 0.1) is 0 Å². The highest BCUT2D eigenvalue weighted by Gasteiger charge is 2.22. The minimum absolute atomic E-state index is 0.0596. The average Bonchev–Trinajstić information content (AvgIpc) is 2.78. The maximum absolute atomic E-state index is 12.5. The van der Waals surface area contributed by atoms with Gasteiger partial charge in [-0.25, -0.2) is 0 Å². The molecule has 7 nitrogen and oxygen atoms in total. The maximum atomic E-state index is 12.5. The number of nitrogens with zero attached hydrogens (tertiary/aromatic N) is 2. The van der Waals surface area contributed by atoms with E-state index in [9.17, 15) is 9.59 Å². The number of carbonyl (C=O) groups excluding carboxylic acids is 2. The van der Waals surface area contributed by atoms with Crippen molar-refractivity contribution in [2.75, 3.05) is 47.0 Å². The normalized spacial score (nSPS) is 14.3. The largest absolute Gasteiger partial charge is 0.497 e. The molecule has 1 aliphatic rings. The van der Waals surface area contributed by atoms with Crippen LogP contribution < -0.4 is 14.2 Å². The monoisotopic (exact) mass is 398 g/mol. The molecule has 0 bridgehead atoms. The first-order valence-electron chi connectivity index (χ1n) is 9.52. The molecule has 154 valence electrons. The van der Waals surface area contributed by atoms with Crippen LogP contribution in [0.3, 0.4) is 0 Å².